The Hall–Kier alpha value is -6.31. The predicted molar refractivity (Wildman–Crippen MR) is 259 cm³/mol. The van der Waals surface area contributed by atoms with Crippen LogP contribution in [0.3, 0.4) is 0 Å². The van der Waals surface area contributed by atoms with Gasteiger partial charge in [0.25, 0.3) is 0 Å². The van der Waals surface area contributed by atoms with Crippen molar-refractivity contribution in [1.29, 1.82) is 0 Å². The minimum absolute atomic E-state index is 0.0312. The van der Waals surface area contributed by atoms with Crippen LogP contribution in [0.15, 0.2) is 72.8 Å². The third kappa shape index (κ3) is 15.9. The number of methoxy groups -OCH3 is 2. The van der Waals surface area contributed by atoms with Gasteiger partial charge in [0.1, 0.15) is 43.4 Å². The van der Waals surface area contributed by atoms with E-state index in [2.05, 4.69) is 41.7 Å². The fourth-order valence-electron chi connectivity index (χ4n) is 8.44. The number of unbranched alkanes of at least 4 members (excludes halogenated alkanes) is 2. The lowest BCUT2D eigenvalue weighted by Gasteiger charge is -2.32. The Morgan fingerprint density at radius 2 is 1.17 bits per heavy atom. The van der Waals surface area contributed by atoms with Gasteiger partial charge in [-0.1, -0.05) is 89.9 Å². The van der Waals surface area contributed by atoms with Gasteiger partial charge in [-0.05, 0) is 134 Å². The molecule has 0 aromatic heterocycles. The van der Waals surface area contributed by atoms with Crippen LogP contribution in [0.2, 0.25) is 0 Å². The standard InChI is InChI=1S/C55H69FO13/c1-10-13-14-16-37-18-20-40(21-19-37)41-22-25-45(47(56)29-41)44-24-23-42(27-38(44)11-2)46-28-43(17-15-26-65-49(57)35(4)5)48(30-39(46)12-3)66-31-55(32-67-50(58)36(6)7,33-68-53(61)51(59)63-8)34-69-54(62)52(60)64-9/h22-25,27-30,37,40H,4,6,10-21,26,31-34H2,1-3,5,7-9H3. The van der Waals surface area contributed by atoms with E-state index in [9.17, 15) is 28.8 Å². The van der Waals surface area contributed by atoms with Crippen LogP contribution in [0.1, 0.15) is 121 Å². The highest BCUT2D eigenvalue weighted by atomic mass is 19.1. The van der Waals surface area contributed by atoms with Gasteiger partial charge in [0, 0.05) is 16.7 Å². The summed E-state index contributed by atoms with van der Waals surface area (Å²) in [5, 5.41) is 0. The topological polar surface area (TPSA) is 167 Å². The third-order valence-corrected chi connectivity index (χ3v) is 12.6. The second-order valence-electron chi connectivity index (χ2n) is 17.9. The summed E-state index contributed by atoms with van der Waals surface area (Å²) in [4.78, 5) is 74.2. The molecule has 14 heteroatoms. The summed E-state index contributed by atoms with van der Waals surface area (Å²) in [6.07, 6.45) is 11.5. The molecule has 3 aromatic rings. The fraction of sp³-hybridized carbons (Fsp3) is 0.491. The minimum Gasteiger partial charge on any atom is -0.492 e. The molecular weight excluding hydrogens is 888 g/mol. The van der Waals surface area contributed by atoms with Crippen molar-refractivity contribution in [3.63, 3.8) is 0 Å². The van der Waals surface area contributed by atoms with Crippen LogP contribution >= 0.6 is 0 Å². The van der Waals surface area contributed by atoms with Crippen molar-refractivity contribution in [2.75, 3.05) is 47.3 Å². The molecule has 13 nitrogen and oxygen atoms in total. The number of halogens is 1. The smallest absolute Gasteiger partial charge is 0.417 e. The van der Waals surface area contributed by atoms with E-state index in [0.717, 1.165) is 66.4 Å². The molecular formula is C55H69FO13. The molecule has 1 aliphatic rings. The molecule has 0 N–H and O–H groups in total. The number of rotatable bonds is 24. The maximum Gasteiger partial charge on any atom is 0.417 e. The van der Waals surface area contributed by atoms with Crippen LogP contribution in [0.4, 0.5) is 4.39 Å². The lowest BCUT2D eigenvalue weighted by atomic mass is 9.77. The van der Waals surface area contributed by atoms with Crippen molar-refractivity contribution in [3.8, 4) is 28.0 Å². The van der Waals surface area contributed by atoms with E-state index in [-0.39, 0.29) is 23.6 Å². The Morgan fingerprint density at radius 3 is 1.72 bits per heavy atom. The van der Waals surface area contributed by atoms with Crippen molar-refractivity contribution in [2.24, 2.45) is 11.3 Å². The van der Waals surface area contributed by atoms with Gasteiger partial charge in [-0.3, -0.25) is 0 Å². The highest BCUT2D eigenvalue weighted by molar-refractivity contribution is 6.30. The number of carbonyl (C=O) groups excluding carboxylic acids is 6. The molecule has 0 radical (unpaired) electrons. The number of esters is 6. The van der Waals surface area contributed by atoms with Gasteiger partial charge in [-0.2, -0.15) is 0 Å². The zero-order chi connectivity index (χ0) is 50.7. The molecule has 0 heterocycles. The Labute approximate surface area is 406 Å². The zero-order valence-corrected chi connectivity index (χ0v) is 41.4. The maximum atomic E-state index is 16.2. The zero-order valence-electron chi connectivity index (χ0n) is 41.4. The third-order valence-electron chi connectivity index (χ3n) is 12.6. The van der Waals surface area contributed by atoms with Crippen LogP contribution in [-0.2, 0) is 76.5 Å². The van der Waals surface area contributed by atoms with Crippen LogP contribution in [0.5, 0.6) is 5.75 Å². The maximum absolute atomic E-state index is 16.2. The molecule has 3 aromatic carbocycles. The second-order valence-corrected chi connectivity index (χ2v) is 17.9. The van der Waals surface area contributed by atoms with Crippen molar-refractivity contribution >= 4 is 35.8 Å². The van der Waals surface area contributed by atoms with Gasteiger partial charge in [0.05, 0.1) is 20.8 Å². The van der Waals surface area contributed by atoms with Gasteiger partial charge in [-0.15, -0.1) is 0 Å². The van der Waals surface area contributed by atoms with E-state index in [1.54, 1.807) is 13.0 Å². The Kier molecular flexibility index (Phi) is 21.7. The van der Waals surface area contributed by atoms with Gasteiger partial charge in [0.2, 0.25) is 0 Å². The van der Waals surface area contributed by atoms with E-state index in [4.69, 9.17) is 23.7 Å². The summed E-state index contributed by atoms with van der Waals surface area (Å²) in [6, 6.07) is 15.5. The molecule has 1 saturated carbocycles. The van der Waals surface area contributed by atoms with Gasteiger partial charge in [0.15, 0.2) is 0 Å². The predicted octanol–water partition coefficient (Wildman–Crippen LogP) is 10.1. The number of hydrogen-bond acceptors (Lipinski definition) is 13. The molecule has 0 spiro atoms. The largest absolute Gasteiger partial charge is 0.492 e. The number of hydrogen-bond donors (Lipinski definition) is 0. The molecule has 0 bridgehead atoms. The van der Waals surface area contributed by atoms with E-state index < -0.39 is 67.7 Å². The van der Waals surface area contributed by atoms with Crippen LogP contribution in [0, 0.1) is 17.2 Å². The first-order chi connectivity index (χ1) is 33.0. The summed E-state index contributed by atoms with van der Waals surface area (Å²) in [5.41, 5.74) is 5.23. The minimum atomic E-state index is -1.72. The molecule has 0 saturated heterocycles. The highest BCUT2D eigenvalue weighted by Gasteiger charge is 2.39. The summed E-state index contributed by atoms with van der Waals surface area (Å²) in [6.45, 7) is 14.0. The molecule has 0 unspecified atom stereocenters. The summed E-state index contributed by atoms with van der Waals surface area (Å²) in [7, 11) is 1.97. The molecule has 1 aliphatic carbocycles. The quantitative estimate of drug-likeness (QED) is 0.0274. The second kappa shape index (κ2) is 27.0. The number of carbonyl (C=O) groups is 6. The SMILES string of the molecule is C=C(C)C(=O)OCCCc1cc(-c2ccc(-c3ccc(C4CCC(CCCCC)CC4)cc3F)c(CC)c2)c(CC)cc1OCC(COC(=O)C(=C)C)(COC(=O)C(=O)OC)COC(=O)C(=O)OC. The van der Waals surface area contributed by atoms with Crippen molar-refractivity contribution in [2.45, 2.75) is 118 Å². The molecule has 0 atom stereocenters. The lowest BCUT2D eigenvalue weighted by molar-refractivity contribution is -0.177. The first-order valence-electron chi connectivity index (χ1n) is 23.9. The van der Waals surface area contributed by atoms with Crippen molar-refractivity contribution in [1.82, 2.24) is 0 Å². The summed E-state index contributed by atoms with van der Waals surface area (Å²) < 4.78 is 53.0. The number of ether oxygens (including phenoxy) is 7. The van der Waals surface area contributed by atoms with Gasteiger partial charge in [-0.25, -0.2) is 33.2 Å². The lowest BCUT2D eigenvalue weighted by Crippen LogP contribution is -2.45. The van der Waals surface area contributed by atoms with E-state index in [1.807, 2.05) is 44.2 Å². The molecule has 374 valence electrons. The molecule has 0 aliphatic heterocycles. The molecule has 1 fully saturated rings. The Bertz CT molecular complexity index is 2290. The van der Waals surface area contributed by atoms with Crippen molar-refractivity contribution < 1.29 is 66.3 Å². The Morgan fingerprint density at radius 1 is 0.609 bits per heavy atom. The summed E-state index contributed by atoms with van der Waals surface area (Å²) >= 11 is 0. The van der Waals surface area contributed by atoms with Gasteiger partial charge >= 0.3 is 35.8 Å². The van der Waals surface area contributed by atoms with E-state index in [0.29, 0.717) is 48.5 Å². The van der Waals surface area contributed by atoms with Crippen LogP contribution in [-0.4, -0.2) is 83.1 Å². The van der Waals surface area contributed by atoms with E-state index in [1.165, 1.54) is 45.4 Å². The Balaban J connectivity index is 1.73. The molecule has 4 rings (SSSR count). The first kappa shape index (κ1) is 55.3. The summed E-state index contributed by atoms with van der Waals surface area (Å²) in [5.74, 6) is -5.57. The monoisotopic (exact) mass is 956 g/mol. The fourth-order valence-corrected chi connectivity index (χ4v) is 8.44. The highest BCUT2D eigenvalue weighted by Crippen LogP contribution is 2.41. The van der Waals surface area contributed by atoms with E-state index >= 15 is 4.39 Å². The number of aryl methyl sites for hydroxylation is 3. The van der Waals surface area contributed by atoms with Gasteiger partial charge < -0.3 is 33.2 Å². The molecule has 0 amide bonds. The number of benzene rings is 3. The normalized spacial score (nSPS) is 14.5. The van der Waals surface area contributed by atoms with Crippen LogP contribution in [0.25, 0.3) is 22.3 Å². The first-order valence-corrected chi connectivity index (χ1v) is 23.9. The average Bonchev–Trinajstić information content (AvgIpc) is 3.36. The van der Waals surface area contributed by atoms with Crippen molar-refractivity contribution in [3.05, 3.63) is 101 Å². The average molecular weight is 957 g/mol. The van der Waals surface area contributed by atoms with Crippen LogP contribution < -0.4 is 4.74 Å². The molecule has 69 heavy (non-hydrogen) atoms.